The zero-order valence-electron chi connectivity index (χ0n) is 17.1. The molecular formula is C22H30N4O2. The van der Waals surface area contributed by atoms with E-state index in [9.17, 15) is 4.79 Å². The summed E-state index contributed by atoms with van der Waals surface area (Å²) >= 11 is 0. The molecule has 0 radical (unpaired) electrons. The van der Waals surface area contributed by atoms with Crippen LogP contribution in [0.2, 0.25) is 0 Å². The molecule has 1 aliphatic carbocycles. The molecule has 1 fully saturated rings. The lowest BCUT2D eigenvalue weighted by Crippen LogP contribution is -2.43. The van der Waals surface area contributed by atoms with Crippen molar-refractivity contribution in [3.05, 3.63) is 41.5 Å². The Morgan fingerprint density at radius 2 is 2.04 bits per heavy atom. The van der Waals surface area contributed by atoms with Gasteiger partial charge in [-0.2, -0.15) is 5.10 Å². The van der Waals surface area contributed by atoms with Crippen LogP contribution in [-0.2, 0) is 17.8 Å². The first-order chi connectivity index (χ1) is 13.6. The number of hydrogen-bond acceptors (Lipinski definition) is 4. The predicted octanol–water partition coefficient (Wildman–Crippen LogP) is 3.73. The maximum absolute atomic E-state index is 13.2. The Labute approximate surface area is 166 Å². The van der Waals surface area contributed by atoms with Gasteiger partial charge in [0.1, 0.15) is 11.6 Å². The number of rotatable bonds is 7. The summed E-state index contributed by atoms with van der Waals surface area (Å²) in [5.74, 6) is 4.02. The number of aromatic nitrogens is 3. The molecule has 0 unspecified atom stereocenters. The summed E-state index contributed by atoms with van der Waals surface area (Å²) in [4.78, 5) is 20.1. The average molecular weight is 383 g/mol. The zero-order chi connectivity index (χ0) is 19.7. The molecule has 28 heavy (non-hydrogen) atoms. The third-order valence-corrected chi connectivity index (χ3v) is 5.70. The first-order valence-electron chi connectivity index (χ1n) is 10.4. The number of carbonyl (C=O) groups is 1. The fourth-order valence-electron chi connectivity index (χ4n) is 4.07. The van der Waals surface area contributed by atoms with Crippen molar-refractivity contribution in [2.45, 2.75) is 64.5 Å². The normalized spacial score (nSPS) is 19.0. The lowest BCUT2D eigenvalue weighted by Gasteiger charge is -2.36. The number of carbonyl (C=O) groups excluding carboxylic acids is 1. The Morgan fingerprint density at radius 3 is 2.75 bits per heavy atom. The Kier molecular flexibility index (Phi) is 5.38. The minimum absolute atomic E-state index is 0.0268. The van der Waals surface area contributed by atoms with Gasteiger partial charge in [-0.25, -0.2) is 9.67 Å². The summed E-state index contributed by atoms with van der Waals surface area (Å²) in [7, 11) is 1.67. The summed E-state index contributed by atoms with van der Waals surface area (Å²) in [6.45, 7) is 5.86. The maximum atomic E-state index is 13.2. The molecule has 0 bridgehead atoms. The molecule has 2 aromatic rings. The number of hydrogen-bond donors (Lipinski definition) is 0. The highest BCUT2D eigenvalue weighted by atomic mass is 16.5. The highest BCUT2D eigenvalue weighted by molar-refractivity contribution is 5.77. The Balaban J connectivity index is 1.50. The molecule has 150 valence electrons. The van der Waals surface area contributed by atoms with E-state index in [4.69, 9.17) is 14.8 Å². The van der Waals surface area contributed by atoms with Gasteiger partial charge >= 0.3 is 0 Å². The smallest absolute Gasteiger partial charge is 0.223 e. The van der Waals surface area contributed by atoms with E-state index < -0.39 is 0 Å². The minimum atomic E-state index is 0.0268. The van der Waals surface area contributed by atoms with Crippen molar-refractivity contribution >= 4 is 5.91 Å². The van der Waals surface area contributed by atoms with Crippen LogP contribution in [0.5, 0.6) is 5.75 Å². The van der Waals surface area contributed by atoms with Crippen LogP contribution in [0, 0.1) is 5.92 Å². The molecule has 2 aliphatic rings. The summed E-state index contributed by atoms with van der Waals surface area (Å²) < 4.78 is 7.47. The predicted molar refractivity (Wildman–Crippen MR) is 107 cm³/mol. The number of para-hydroxylation sites is 1. The minimum Gasteiger partial charge on any atom is -0.496 e. The van der Waals surface area contributed by atoms with E-state index in [1.807, 2.05) is 33.8 Å². The van der Waals surface area contributed by atoms with Crippen molar-refractivity contribution in [2.24, 2.45) is 5.92 Å². The zero-order valence-corrected chi connectivity index (χ0v) is 17.1. The SMILES string of the molecule is COc1ccccc1CCC(=O)N1CCn2nc(C3CC3)nc2[C@@H]1CC(C)C. The number of benzene rings is 1. The molecule has 1 amide bonds. The van der Waals surface area contributed by atoms with Gasteiger partial charge in [-0.15, -0.1) is 0 Å². The van der Waals surface area contributed by atoms with Gasteiger partial charge in [0.05, 0.1) is 19.7 Å². The largest absolute Gasteiger partial charge is 0.496 e. The average Bonchev–Trinajstić information content (AvgIpc) is 3.45. The van der Waals surface area contributed by atoms with Crippen LogP contribution in [0.3, 0.4) is 0 Å². The van der Waals surface area contributed by atoms with Crippen LogP contribution in [0.15, 0.2) is 24.3 Å². The summed E-state index contributed by atoms with van der Waals surface area (Å²) in [5, 5.41) is 4.73. The molecule has 6 nitrogen and oxygen atoms in total. The molecular weight excluding hydrogens is 352 g/mol. The number of amides is 1. The van der Waals surface area contributed by atoms with E-state index in [0.29, 0.717) is 31.2 Å². The van der Waals surface area contributed by atoms with E-state index in [1.165, 1.54) is 12.8 Å². The summed E-state index contributed by atoms with van der Waals surface area (Å²) in [6, 6.07) is 7.96. The van der Waals surface area contributed by atoms with Crippen LogP contribution in [0.25, 0.3) is 0 Å². The third-order valence-electron chi connectivity index (χ3n) is 5.70. The van der Waals surface area contributed by atoms with Crippen LogP contribution >= 0.6 is 0 Å². The van der Waals surface area contributed by atoms with Gasteiger partial charge in [0, 0.05) is 18.9 Å². The van der Waals surface area contributed by atoms with Crippen LogP contribution in [0.4, 0.5) is 0 Å². The second kappa shape index (κ2) is 7.94. The van der Waals surface area contributed by atoms with E-state index in [2.05, 4.69) is 13.8 Å². The van der Waals surface area contributed by atoms with E-state index in [-0.39, 0.29) is 11.9 Å². The molecule has 1 aliphatic heterocycles. The van der Waals surface area contributed by atoms with E-state index >= 15 is 0 Å². The first kappa shape index (κ1) is 19.0. The van der Waals surface area contributed by atoms with Crippen molar-refractivity contribution in [2.75, 3.05) is 13.7 Å². The second-order valence-electron chi connectivity index (χ2n) is 8.37. The first-order valence-corrected chi connectivity index (χ1v) is 10.4. The summed E-state index contributed by atoms with van der Waals surface area (Å²) in [5.41, 5.74) is 1.08. The monoisotopic (exact) mass is 382 g/mol. The molecule has 0 saturated heterocycles. The van der Waals surface area contributed by atoms with Crippen LogP contribution in [-0.4, -0.2) is 39.2 Å². The highest BCUT2D eigenvalue weighted by Gasteiger charge is 2.36. The molecule has 1 aromatic heterocycles. The number of aryl methyl sites for hydroxylation is 1. The Morgan fingerprint density at radius 1 is 1.25 bits per heavy atom. The van der Waals surface area contributed by atoms with Crippen molar-refractivity contribution < 1.29 is 9.53 Å². The van der Waals surface area contributed by atoms with E-state index in [0.717, 1.165) is 35.9 Å². The lowest BCUT2D eigenvalue weighted by molar-refractivity contribution is -0.135. The van der Waals surface area contributed by atoms with E-state index in [1.54, 1.807) is 7.11 Å². The standard InChI is InChI=1S/C22H30N4O2/c1-15(2)14-18-22-23-21(17-8-9-17)24-26(22)13-12-25(18)20(27)11-10-16-6-4-5-7-19(16)28-3/h4-7,15,17-18H,8-14H2,1-3H3/t18-/m0/s1. The van der Waals surface area contributed by atoms with Gasteiger partial charge in [-0.1, -0.05) is 32.0 Å². The molecule has 1 saturated carbocycles. The number of ether oxygens (including phenoxy) is 1. The van der Waals surface area contributed by atoms with Gasteiger partial charge in [-0.3, -0.25) is 4.79 Å². The Hall–Kier alpha value is -2.37. The van der Waals surface area contributed by atoms with Crippen molar-refractivity contribution in [3.8, 4) is 5.75 Å². The fraction of sp³-hybridized carbons (Fsp3) is 0.591. The van der Waals surface area contributed by atoms with Gasteiger partial charge in [0.25, 0.3) is 0 Å². The topological polar surface area (TPSA) is 60.2 Å². The van der Waals surface area contributed by atoms with Gasteiger partial charge in [0.15, 0.2) is 5.82 Å². The molecule has 0 N–H and O–H groups in total. The van der Waals surface area contributed by atoms with Crippen molar-refractivity contribution in [1.29, 1.82) is 0 Å². The quantitative estimate of drug-likeness (QED) is 0.732. The van der Waals surface area contributed by atoms with Crippen molar-refractivity contribution in [1.82, 2.24) is 19.7 Å². The third kappa shape index (κ3) is 3.91. The van der Waals surface area contributed by atoms with Gasteiger partial charge < -0.3 is 9.64 Å². The fourth-order valence-corrected chi connectivity index (χ4v) is 4.07. The number of methoxy groups -OCH3 is 1. The molecule has 1 aromatic carbocycles. The van der Waals surface area contributed by atoms with Gasteiger partial charge in [-0.05, 0) is 43.2 Å². The molecule has 0 spiro atoms. The maximum Gasteiger partial charge on any atom is 0.223 e. The Bertz CT molecular complexity index is 841. The van der Waals surface area contributed by atoms with Gasteiger partial charge in [0.2, 0.25) is 5.91 Å². The number of nitrogens with zero attached hydrogens (tertiary/aromatic N) is 4. The van der Waals surface area contributed by atoms with Crippen LogP contribution in [0.1, 0.15) is 68.7 Å². The molecule has 2 heterocycles. The van der Waals surface area contributed by atoms with Crippen molar-refractivity contribution in [3.63, 3.8) is 0 Å². The summed E-state index contributed by atoms with van der Waals surface area (Å²) in [6.07, 6.45) is 4.48. The molecule has 6 heteroatoms. The van der Waals surface area contributed by atoms with Crippen LogP contribution < -0.4 is 4.74 Å². The number of fused-ring (bicyclic) bond motifs is 1. The molecule has 4 rings (SSSR count). The molecule has 1 atom stereocenters. The second-order valence-corrected chi connectivity index (χ2v) is 8.37. The lowest BCUT2D eigenvalue weighted by atomic mass is 9.99. The highest BCUT2D eigenvalue weighted by Crippen LogP contribution is 2.40.